The summed E-state index contributed by atoms with van der Waals surface area (Å²) in [6.45, 7) is 1.97. The smallest absolute Gasteiger partial charge is 0.183 e. The van der Waals surface area contributed by atoms with Gasteiger partial charge in [-0.3, -0.25) is 0 Å². The third-order valence-electron chi connectivity index (χ3n) is 2.70. The fourth-order valence-electron chi connectivity index (χ4n) is 1.92. The van der Waals surface area contributed by atoms with E-state index in [9.17, 15) is 4.39 Å². The second kappa shape index (κ2) is 4.57. The highest BCUT2D eigenvalue weighted by Crippen LogP contribution is 2.41. The zero-order valence-corrected chi connectivity index (χ0v) is 9.84. The van der Waals surface area contributed by atoms with E-state index in [1.807, 2.05) is 6.92 Å². The Balaban J connectivity index is 2.41. The van der Waals surface area contributed by atoms with Crippen LogP contribution in [0, 0.1) is 5.82 Å². The molecule has 0 fully saturated rings. The minimum absolute atomic E-state index is 0.0756. The Morgan fingerprint density at radius 2 is 2.31 bits per heavy atom. The Morgan fingerprint density at radius 3 is 2.94 bits per heavy atom. The Bertz CT molecular complexity index is 400. The zero-order valence-electron chi connectivity index (χ0n) is 9.09. The van der Waals surface area contributed by atoms with E-state index in [1.54, 1.807) is 6.07 Å². The second-order valence-corrected chi connectivity index (χ2v) is 4.05. The first-order valence-corrected chi connectivity index (χ1v) is 5.49. The summed E-state index contributed by atoms with van der Waals surface area (Å²) in [6.07, 6.45) is 0.621. The molecular weight excluding hydrogens is 233 g/mol. The van der Waals surface area contributed by atoms with Gasteiger partial charge in [-0.15, -0.1) is 0 Å². The Kier molecular flexibility index (Phi) is 3.33. The van der Waals surface area contributed by atoms with Gasteiger partial charge in [0.05, 0.1) is 18.2 Å². The van der Waals surface area contributed by atoms with Gasteiger partial charge < -0.3 is 9.57 Å². The fraction of sp³-hybridized carbons (Fsp3) is 0.455. The number of hydrogen-bond donors (Lipinski definition) is 1. The highest BCUT2D eigenvalue weighted by atomic mass is 35.5. The van der Waals surface area contributed by atoms with E-state index in [0.717, 1.165) is 12.0 Å². The van der Waals surface area contributed by atoms with E-state index in [2.05, 4.69) is 5.48 Å². The van der Waals surface area contributed by atoms with E-state index in [0.29, 0.717) is 0 Å². The Hall–Kier alpha value is -0.840. The minimum atomic E-state index is -0.502. The number of ether oxygens (including phenoxy) is 1. The largest absolute Gasteiger partial charge is 0.485 e. The standard InChI is InChI=1S/C11H13ClFNO2/c1-3-8-10(14-15-2)6-4-5-7(12)9(13)11(6)16-8/h4-5,8,10,14H,3H2,1-2H3. The Labute approximate surface area is 98.5 Å². The number of halogens is 2. The van der Waals surface area contributed by atoms with Gasteiger partial charge in [-0.2, -0.15) is 5.48 Å². The van der Waals surface area contributed by atoms with Crippen LogP contribution >= 0.6 is 11.6 Å². The fourth-order valence-corrected chi connectivity index (χ4v) is 2.07. The first kappa shape index (κ1) is 11.6. The van der Waals surface area contributed by atoms with Crippen LogP contribution in [0.5, 0.6) is 5.75 Å². The van der Waals surface area contributed by atoms with E-state index < -0.39 is 5.82 Å². The van der Waals surface area contributed by atoms with Crippen LogP contribution < -0.4 is 10.2 Å². The lowest BCUT2D eigenvalue weighted by molar-refractivity contribution is 0.0279. The van der Waals surface area contributed by atoms with Crippen LogP contribution in [0.2, 0.25) is 5.02 Å². The summed E-state index contributed by atoms with van der Waals surface area (Å²) in [5.41, 5.74) is 3.56. The molecule has 0 bridgehead atoms. The molecule has 0 saturated heterocycles. The second-order valence-electron chi connectivity index (χ2n) is 3.64. The number of nitrogens with one attached hydrogen (secondary N) is 1. The number of benzene rings is 1. The molecule has 1 aliphatic rings. The molecule has 1 aromatic carbocycles. The van der Waals surface area contributed by atoms with Crippen LogP contribution in [-0.2, 0) is 4.84 Å². The van der Waals surface area contributed by atoms with Crippen molar-refractivity contribution in [3.63, 3.8) is 0 Å². The van der Waals surface area contributed by atoms with Gasteiger partial charge in [-0.1, -0.05) is 24.6 Å². The molecule has 1 aromatic rings. The van der Waals surface area contributed by atoms with Crippen molar-refractivity contribution in [3.8, 4) is 5.75 Å². The quantitative estimate of drug-likeness (QED) is 0.831. The molecular formula is C11H13ClFNO2. The summed E-state index contributed by atoms with van der Waals surface area (Å²) < 4.78 is 19.2. The molecule has 0 radical (unpaired) electrons. The van der Waals surface area contributed by atoms with Gasteiger partial charge >= 0.3 is 0 Å². The Morgan fingerprint density at radius 1 is 1.56 bits per heavy atom. The summed E-state index contributed by atoms with van der Waals surface area (Å²) in [7, 11) is 1.52. The molecule has 1 aliphatic heterocycles. The molecule has 2 unspecified atom stereocenters. The van der Waals surface area contributed by atoms with Crippen LogP contribution in [0.4, 0.5) is 4.39 Å². The van der Waals surface area contributed by atoms with Gasteiger partial charge in [-0.25, -0.2) is 4.39 Å². The highest BCUT2D eigenvalue weighted by molar-refractivity contribution is 6.30. The molecule has 2 rings (SSSR count). The van der Waals surface area contributed by atoms with Crippen LogP contribution in [0.3, 0.4) is 0 Å². The van der Waals surface area contributed by atoms with Crippen LogP contribution in [0.15, 0.2) is 12.1 Å². The average Bonchev–Trinajstić information content (AvgIpc) is 2.63. The molecule has 0 aliphatic carbocycles. The van der Waals surface area contributed by atoms with Gasteiger partial charge in [0.15, 0.2) is 11.6 Å². The van der Waals surface area contributed by atoms with E-state index in [-0.39, 0.29) is 22.9 Å². The molecule has 2 atom stereocenters. The van der Waals surface area contributed by atoms with Crippen molar-refractivity contribution in [2.24, 2.45) is 0 Å². The minimum Gasteiger partial charge on any atom is -0.485 e. The predicted molar refractivity (Wildman–Crippen MR) is 59.0 cm³/mol. The zero-order chi connectivity index (χ0) is 11.7. The van der Waals surface area contributed by atoms with Gasteiger partial charge in [0.2, 0.25) is 0 Å². The summed E-state index contributed by atoms with van der Waals surface area (Å²) >= 11 is 5.70. The van der Waals surface area contributed by atoms with Crippen molar-refractivity contribution < 1.29 is 14.0 Å². The molecule has 0 amide bonds. The van der Waals surface area contributed by atoms with Gasteiger partial charge in [0.25, 0.3) is 0 Å². The summed E-state index contributed by atoms with van der Waals surface area (Å²) in [5, 5.41) is 0.0756. The molecule has 1 N–H and O–H groups in total. The molecule has 0 aromatic heterocycles. The monoisotopic (exact) mass is 245 g/mol. The van der Waals surface area contributed by atoms with Crippen molar-refractivity contribution in [3.05, 3.63) is 28.5 Å². The lowest BCUT2D eigenvalue weighted by atomic mass is 10.0. The first-order chi connectivity index (χ1) is 7.69. The molecule has 0 saturated carbocycles. The van der Waals surface area contributed by atoms with Gasteiger partial charge in [0.1, 0.15) is 6.10 Å². The number of fused-ring (bicyclic) bond motifs is 1. The number of hydroxylamine groups is 1. The van der Waals surface area contributed by atoms with E-state index >= 15 is 0 Å². The van der Waals surface area contributed by atoms with Crippen molar-refractivity contribution in [2.75, 3.05) is 7.11 Å². The van der Waals surface area contributed by atoms with Gasteiger partial charge in [0, 0.05) is 5.56 Å². The molecule has 1 heterocycles. The number of rotatable bonds is 3. The van der Waals surface area contributed by atoms with E-state index in [1.165, 1.54) is 13.2 Å². The highest BCUT2D eigenvalue weighted by Gasteiger charge is 2.35. The maximum atomic E-state index is 13.7. The summed E-state index contributed by atoms with van der Waals surface area (Å²) in [6, 6.07) is 3.13. The molecule has 88 valence electrons. The van der Waals surface area contributed by atoms with Crippen molar-refractivity contribution in [1.82, 2.24) is 5.48 Å². The lowest BCUT2D eigenvalue weighted by Gasteiger charge is -2.17. The SMILES string of the molecule is CCC1Oc2c(ccc(Cl)c2F)C1NOC. The normalized spacial score (nSPS) is 23.0. The first-order valence-electron chi connectivity index (χ1n) is 5.12. The predicted octanol–water partition coefficient (Wildman–Crippen LogP) is 2.84. The van der Waals surface area contributed by atoms with E-state index in [4.69, 9.17) is 21.2 Å². The average molecular weight is 246 g/mol. The van der Waals surface area contributed by atoms with Crippen molar-refractivity contribution >= 4 is 11.6 Å². The number of hydrogen-bond acceptors (Lipinski definition) is 3. The molecule has 5 heteroatoms. The van der Waals surface area contributed by atoms with Gasteiger partial charge in [-0.05, 0) is 12.5 Å². The lowest BCUT2D eigenvalue weighted by Crippen LogP contribution is -2.29. The topological polar surface area (TPSA) is 30.5 Å². The molecule has 0 spiro atoms. The van der Waals surface area contributed by atoms with Crippen LogP contribution in [0.25, 0.3) is 0 Å². The third kappa shape index (κ3) is 1.77. The molecule has 16 heavy (non-hydrogen) atoms. The van der Waals surface area contributed by atoms with Crippen molar-refractivity contribution in [1.29, 1.82) is 0 Å². The van der Waals surface area contributed by atoms with Crippen molar-refractivity contribution in [2.45, 2.75) is 25.5 Å². The maximum Gasteiger partial charge on any atom is 0.183 e. The summed E-state index contributed by atoms with van der Waals surface area (Å²) in [4.78, 5) is 4.90. The summed E-state index contributed by atoms with van der Waals surface area (Å²) in [5.74, 6) is -0.271. The molecule has 3 nitrogen and oxygen atoms in total. The van der Waals surface area contributed by atoms with Crippen LogP contribution in [-0.4, -0.2) is 13.2 Å². The van der Waals surface area contributed by atoms with Crippen LogP contribution in [0.1, 0.15) is 24.9 Å². The third-order valence-corrected chi connectivity index (χ3v) is 3.00. The maximum absolute atomic E-state index is 13.7.